The summed E-state index contributed by atoms with van der Waals surface area (Å²) >= 11 is 3.31. The first-order valence-corrected chi connectivity index (χ1v) is 7.09. The number of carbonyl (C=O) groups excluding carboxylic acids is 2. The number of hydrogen-bond donors (Lipinski definition) is 1. The average molecular weight is 327 g/mol. The zero-order valence-corrected chi connectivity index (χ0v) is 12.6. The lowest BCUT2D eigenvalue weighted by atomic mass is 10.1. The van der Waals surface area contributed by atoms with Crippen LogP contribution in [0.2, 0.25) is 0 Å². The fraction of sp³-hybridized carbons (Fsp3) is 0.429. The van der Waals surface area contributed by atoms with Crippen molar-refractivity contribution in [1.82, 2.24) is 4.90 Å². The summed E-state index contributed by atoms with van der Waals surface area (Å²) in [5.41, 5.74) is 4.97. The van der Waals surface area contributed by atoms with Crippen LogP contribution < -0.4 is 5.73 Å². The van der Waals surface area contributed by atoms with Gasteiger partial charge in [0.05, 0.1) is 0 Å². The fourth-order valence-electron chi connectivity index (χ4n) is 1.97. The molecule has 5 heteroatoms. The van der Waals surface area contributed by atoms with E-state index in [0.29, 0.717) is 0 Å². The van der Waals surface area contributed by atoms with Crippen LogP contribution in [0.4, 0.5) is 4.79 Å². The molecule has 1 aromatic carbocycles. The molecule has 0 unspecified atom stereocenters. The topological polar surface area (TPSA) is 63.4 Å². The highest BCUT2D eigenvalue weighted by Gasteiger charge is 2.27. The van der Waals surface area contributed by atoms with E-state index in [9.17, 15) is 9.59 Å². The van der Waals surface area contributed by atoms with Gasteiger partial charge in [0.15, 0.2) is 0 Å². The summed E-state index contributed by atoms with van der Waals surface area (Å²) < 4.78 is 1.13. The number of nitrogens with two attached hydrogens (primary N) is 1. The molecule has 0 heterocycles. The van der Waals surface area contributed by atoms with Crippen LogP contribution in [0.1, 0.15) is 25.7 Å². The van der Waals surface area contributed by atoms with Crippen LogP contribution in [0.25, 0.3) is 0 Å². The Kier molecular flexibility index (Phi) is 6.56. The summed E-state index contributed by atoms with van der Waals surface area (Å²) in [5, 5.41) is 0. The highest BCUT2D eigenvalue weighted by atomic mass is 79.9. The second kappa shape index (κ2) is 7.94. The van der Waals surface area contributed by atoms with Crippen LogP contribution in [-0.4, -0.2) is 23.9 Å². The quantitative estimate of drug-likeness (QED) is 0.861. The lowest BCUT2D eigenvalue weighted by Crippen LogP contribution is -2.40. The number of benzene rings is 1. The van der Waals surface area contributed by atoms with E-state index < -0.39 is 6.03 Å². The molecule has 4 nitrogen and oxygen atoms in total. The van der Waals surface area contributed by atoms with Gasteiger partial charge in [-0.1, -0.05) is 47.0 Å². The van der Waals surface area contributed by atoms with Gasteiger partial charge in [0.25, 0.3) is 0 Å². The summed E-state index contributed by atoms with van der Waals surface area (Å²) in [6.45, 7) is 0. The minimum absolute atomic E-state index is 0.0301. The van der Waals surface area contributed by atoms with Gasteiger partial charge < -0.3 is 5.73 Å². The Balaban J connectivity index is 0.000000218. The summed E-state index contributed by atoms with van der Waals surface area (Å²) in [6, 6.07) is 9.31. The van der Waals surface area contributed by atoms with E-state index in [1.54, 1.807) is 0 Å². The van der Waals surface area contributed by atoms with Gasteiger partial charge in [0, 0.05) is 17.4 Å². The van der Waals surface area contributed by atoms with Gasteiger partial charge in [-0.25, -0.2) is 4.79 Å². The first-order valence-electron chi connectivity index (χ1n) is 6.30. The molecule has 1 aliphatic rings. The third kappa shape index (κ3) is 5.42. The Labute approximate surface area is 122 Å². The van der Waals surface area contributed by atoms with Crippen molar-refractivity contribution in [2.75, 3.05) is 7.05 Å². The number of rotatable bonds is 1. The maximum Gasteiger partial charge on any atom is 0.321 e. The van der Waals surface area contributed by atoms with E-state index in [-0.39, 0.29) is 11.8 Å². The van der Waals surface area contributed by atoms with Crippen molar-refractivity contribution < 1.29 is 9.59 Å². The zero-order valence-electron chi connectivity index (χ0n) is 11.0. The van der Waals surface area contributed by atoms with Gasteiger partial charge in [0.1, 0.15) is 0 Å². The highest BCUT2D eigenvalue weighted by Crippen LogP contribution is 2.25. The zero-order chi connectivity index (χ0) is 14.3. The van der Waals surface area contributed by atoms with Crippen molar-refractivity contribution >= 4 is 27.9 Å². The van der Waals surface area contributed by atoms with Crippen molar-refractivity contribution in [3.8, 4) is 0 Å². The molecule has 0 aliphatic heterocycles. The number of nitrogens with zero attached hydrogens (tertiary/aromatic N) is 1. The predicted octanol–water partition coefficient (Wildman–Crippen LogP) is 3.16. The maximum absolute atomic E-state index is 11.4. The molecule has 0 atom stereocenters. The van der Waals surface area contributed by atoms with Crippen molar-refractivity contribution in [3.63, 3.8) is 0 Å². The average Bonchev–Trinajstić information content (AvgIpc) is 2.92. The number of urea groups is 1. The van der Waals surface area contributed by atoms with Crippen LogP contribution >= 0.6 is 15.9 Å². The van der Waals surface area contributed by atoms with Crippen molar-refractivity contribution in [3.05, 3.63) is 34.8 Å². The summed E-state index contributed by atoms with van der Waals surface area (Å²) in [7, 11) is 1.43. The molecule has 0 radical (unpaired) electrons. The van der Waals surface area contributed by atoms with Gasteiger partial charge in [-0.15, -0.1) is 0 Å². The molecule has 0 bridgehead atoms. The van der Waals surface area contributed by atoms with E-state index in [2.05, 4.69) is 15.9 Å². The number of amides is 3. The molecule has 0 saturated heterocycles. The van der Waals surface area contributed by atoms with Gasteiger partial charge in [-0.05, 0) is 25.0 Å². The number of halogens is 1. The summed E-state index contributed by atoms with van der Waals surface area (Å²) in [4.78, 5) is 23.0. The van der Waals surface area contributed by atoms with E-state index in [1.807, 2.05) is 30.3 Å². The predicted molar refractivity (Wildman–Crippen MR) is 78.5 cm³/mol. The standard InChI is InChI=1S/C8H14N2O2.C6H5Br/c1-10(8(9)12)7(11)6-4-2-3-5-6;7-6-4-2-1-3-5-6/h6H,2-5H2,1H3,(H2,9,12);1-5H. The summed E-state index contributed by atoms with van der Waals surface area (Å²) in [6.07, 6.45) is 3.97. The van der Waals surface area contributed by atoms with Gasteiger partial charge in [0.2, 0.25) is 5.91 Å². The number of hydrogen-bond acceptors (Lipinski definition) is 2. The molecule has 19 heavy (non-hydrogen) atoms. The molecule has 1 saturated carbocycles. The molecule has 0 spiro atoms. The van der Waals surface area contributed by atoms with Crippen LogP contribution in [0.3, 0.4) is 0 Å². The number of carbonyl (C=O) groups is 2. The first-order chi connectivity index (χ1) is 9.02. The molecule has 1 fully saturated rings. The molecule has 2 rings (SSSR count). The lowest BCUT2D eigenvalue weighted by molar-refractivity contribution is -0.131. The Morgan fingerprint density at radius 3 is 2.11 bits per heavy atom. The SMILES string of the molecule is Brc1ccccc1.CN(C(N)=O)C(=O)C1CCCC1. The third-order valence-electron chi connectivity index (χ3n) is 3.10. The smallest absolute Gasteiger partial charge is 0.321 e. The largest absolute Gasteiger partial charge is 0.351 e. The Morgan fingerprint density at radius 1 is 1.21 bits per heavy atom. The van der Waals surface area contributed by atoms with Crippen LogP contribution in [0, 0.1) is 5.92 Å². The van der Waals surface area contributed by atoms with E-state index in [4.69, 9.17) is 5.73 Å². The second-order valence-corrected chi connectivity index (χ2v) is 5.43. The van der Waals surface area contributed by atoms with E-state index in [1.165, 1.54) is 7.05 Å². The minimum Gasteiger partial charge on any atom is -0.351 e. The van der Waals surface area contributed by atoms with Crippen LogP contribution in [0.5, 0.6) is 0 Å². The van der Waals surface area contributed by atoms with Crippen molar-refractivity contribution in [2.24, 2.45) is 11.7 Å². The van der Waals surface area contributed by atoms with Crippen LogP contribution in [0.15, 0.2) is 34.8 Å². The monoisotopic (exact) mass is 326 g/mol. The Morgan fingerprint density at radius 2 is 1.74 bits per heavy atom. The Bertz CT molecular complexity index is 417. The second-order valence-electron chi connectivity index (χ2n) is 4.51. The summed E-state index contributed by atoms with van der Waals surface area (Å²) in [5.74, 6) is -0.0949. The molecule has 104 valence electrons. The van der Waals surface area contributed by atoms with Gasteiger partial charge in [-0.3, -0.25) is 9.69 Å². The highest BCUT2D eigenvalue weighted by molar-refractivity contribution is 9.10. The molecule has 2 N–H and O–H groups in total. The number of imide groups is 1. The number of primary amides is 1. The Hall–Kier alpha value is -1.36. The molecule has 1 aromatic rings. The first kappa shape index (κ1) is 15.7. The van der Waals surface area contributed by atoms with Gasteiger partial charge in [-0.2, -0.15) is 0 Å². The molecule has 1 aliphatic carbocycles. The minimum atomic E-state index is -0.660. The van der Waals surface area contributed by atoms with Gasteiger partial charge >= 0.3 is 6.03 Å². The third-order valence-corrected chi connectivity index (χ3v) is 3.63. The maximum atomic E-state index is 11.4. The normalized spacial score (nSPS) is 14.4. The van der Waals surface area contributed by atoms with E-state index in [0.717, 1.165) is 35.1 Å². The lowest BCUT2D eigenvalue weighted by Gasteiger charge is -2.16. The fourth-order valence-corrected chi connectivity index (χ4v) is 2.28. The molecular weight excluding hydrogens is 308 g/mol. The molecule has 3 amide bonds. The molecule has 0 aromatic heterocycles. The van der Waals surface area contributed by atoms with Crippen molar-refractivity contribution in [2.45, 2.75) is 25.7 Å². The van der Waals surface area contributed by atoms with Crippen molar-refractivity contribution in [1.29, 1.82) is 0 Å². The molecular formula is C14H19BrN2O2. The van der Waals surface area contributed by atoms with E-state index >= 15 is 0 Å². The van der Waals surface area contributed by atoms with Crippen LogP contribution in [-0.2, 0) is 4.79 Å².